The second-order valence-electron chi connectivity index (χ2n) is 7.27. The topological polar surface area (TPSA) is 51.0 Å². The van der Waals surface area contributed by atoms with Gasteiger partial charge in [-0.3, -0.25) is 0 Å². The summed E-state index contributed by atoms with van der Waals surface area (Å²) in [5.74, 6) is 3.46. The average Bonchev–Trinajstić information content (AvgIpc) is 3.28. The number of fused-ring (bicyclic) bond motifs is 5. The Morgan fingerprint density at radius 3 is 2.91 bits per heavy atom. The van der Waals surface area contributed by atoms with Crippen molar-refractivity contribution < 1.29 is 4.42 Å². The van der Waals surface area contributed by atoms with Crippen LogP contribution in [-0.4, -0.2) is 16.0 Å². The zero-order valence-electron chi connectivity index (χ0n) is 13.3. The first-order valence-corrected chi connectivity index (χ1v) is 8.68. The molecule has 2 saturated carbocycles. The molecule has 118 valence electrons. The molecule has 0 unspecified atom stereocenters. The first kappa shape index (κ1) is 13.3. The van der Waals surface area contributed by atoms with Crippen molar-refractivity contribution in [1.82, 2.24) is 9.97 Å². The Bertz CT molecular complexity index is 871. The van der Waals surface area contributed by atoms with Crippen LogP contribution in [0.4, 0.5) is 5.82 Å². The van der Waals surface area contributed by atoms with Crippen LogP contribution in [0, 0.1) is 17.8 Å². The van der Waals surface area contributed by atoms with Gasteiger partial charge in [-0.15, -0.1) is 0 Å². The van der Waals surface area contributed by atoms with Crippen LogP contribution in [0.5, 0.6) is 0 Å². The smallest absolute Gasteiger partial charge is 0.196 e. The van der Waals surface area contributed by atoms with E-state index in [0.29, 0.717) is 6.04 Å². The minimum atomic E-state index is 0.427. The molecule has 2 aliphatic rings. The Kier molecular flexibility index (Phi) is 2.87. The van der Waals surface area contributed by atoms with Crippen molar-refractivity contribution in [1.29, 1.82) is 0 Å². The maximum absolute atomic E-state index is 6.02. The number of rotatable bonds is 3. The molecule has 4 atom stereocenters. The largest absolute Gasteiger partial charge is 0.450 e. The van der Waals surface area contributed by atoms with Gasteiger partial charge in [-0.1, -0.05) is 18.6 Å². The molecule has 2 heterocycles. The minimum absolute atomic E-state index is 0.427. The van der Waals surface area contributed by atoms with Crippen LogP contribution >= 0.6 is 0 Å². The van der Waals surface area contributed by atoms with Crippen LogP contribution in [0.2, 0.25) is 0 Å². The number of para-hydroxylation sites is 1. The first-order chi connectivity index (χ1) is 11.3. The van der Waals surface area contributed by atoms with Gasteiger partial charge < -0.3 is 9.73 Å². The van der Waals surface area contributed by atoms with E-state index in [1.807, 2.05) is 18.2 Å². The number of nitrogens with one attached hydrogen (secondary N) is 1. The Hall–Kier alpha value is -2.10. The van der Waals surface area contributed by atoms with E-state index < -0.39 is 0 Å². The highest BCUT2D eigenvalue weighted by atomic mass is 16.3. The van der Waals surface area contributed by atoms with E-state index in [2.05, 4.69) is 28.3 Å². The van der Waals surface area contributed by atoms with Crippen LogP contribution in [0.25, 0.3) is 22.1 Å². The van der Waals surface area contributed by atoms with E-state index >= 15 is 0 Å². The normalized spacial score (nSPS) is 27.8. The molecule has 0 radical (unpaired) electrons. The van der Waals surface area contributed by atoms with Gasteiger partial charge in [-0.2, -0.15) is 0 Å². The van der Waals surface area contributed by atoms with E-state index in [1.54, 1.807) is 6.33 Å². The second kappa shape index (κ2) is 4.95. The van der Waals surface area contributed by atoms with Crippen molar-refractivity contribution >= 4 is 27.9 Å². The van der Waals surface area contributed by atoms with Gasteiger partial charge in [0.2, 0.25) is 0 Å². The fourth-order valence-corrected chi connectivity index (χ4v) is 4.86. The summed E-state index contributed by atoms with van der Waals surface area (Å²) in [6.45, 7) is 2.29. The minimum Gasteiger partial charge on any atom is -0.450 e. The summed E-state index contributed by atoms with van der Waals surface area (Å²) in [5, 5.41) is 4.68. The molecule has 5 rings (SSSR count). The molecule has 1 N–H and O–H groups in total. The van der Waals surface area contributed by atoms with Gasteiger partial charge in [0.15, 0.2) is 11.4 Å². The van der Waals surface area contributed by atoms with E-state index in [4.69, 9.17) is 4.42 Å². The lowest BCUT2D eigenvalue weighted by molar-refractivity contribution is 0.304. The van der Waals surface area contributed by atoms with E-state index in [9.17, 15) is 0 Å². The molecule has 2 aliphatic carbocycles. The molecule has 2 bridgehead atoms. The third kappa shape index (κ3) is 2.04. The predicted molar refractivity (Wildman–Crippen MR) is 91.3 cm³/mol. The molecule has 2 fully saturated rings. The molecule has 0 spiro atoms. The molecule has 0 amide bonds. The summed E-state index contributed by atoms with van der Waals surface area (Å²) in [4.78, 5) is 8.89. The molecule has 4 nitrogen and oxygen atoms in total. The van der Waals surface area contributed by atoms with Crippen LogP contribution < -0.4 is 5.32 Å². The summed E-state index contributed by atoms with van der Waals surface area (Å²) >= 11 is 0. The summed E-state index contributed by atoms with van der Waals surface area (Å²) in [6, 6.07) is 8.47. The molecule has 0 aliphatic heterocycles. The van der Waals surface area contributed by atoms with Gasteiger partial charge in [0.25, 0.3) is 0 Å². The third-order valence-corrected chi connectivity index (χ3v) is 5.96. The zero-order chi connectivity index (χ0) is 15.4. The van der Waals surface area contributed by atoms with Crippen molar-refractivity contribution in [2.24, 2.45) is 17.8 Å². The van der Waals surface area contributed by atoms with Gasteiger partial charge in [-0.05, 0) is 56.1 Å². The average molecular weight is 307 g/mol. The van der Waals surface area contributed by atoms with Crippen LogP contribution in [0.1, 0.15) is 32.6 Å². The standard InChI is InChI=1S/C19H21N3O/c1-11(15-9-12-6-7-13(15)8-12)22-19-18-17(20-10-21-19)14-4-2-3-5-16(14)23-18/h2-5,10-13,15H,6-9H2,1H3,(H,20,21,22)/t11-,12+,13-,15-/m1/s1. The van der Waals surface area contributed by atoms with Gasteiger partial charge in [0.05, 0.1) is 0 Å². The maximum Gasteiger partial charge on any atom is 0.196 e. The number of benzene rings is 1. The fourth-order valence-electron chi connectivity index (χ4n) is 4.86. The molecular weight excluding hydrogens is 286 g/mol. The van der Waals surface area contributed by atoms with Crippen LogP contribution in [0.3, 0.4) is 0 Å². The summed E-state index contributed by atoms with van der Waals surface area (Å²) in [5.41, 5.74) is 2.56. The van der Waals surface area contributed by atoms with Crippen molar-refractivity contribution in [3.8, 4) is 0 Å². The molecule has 2 aromatic heterocycles. The molecule has 0 saturated heterocycles. The van der Waals surface area contributed by atoms with E-state index in [0.717, 1.165) is 45.6 Å². The number of aromatic nitrogens is 2. The number of hydrogen-bond acceptors (Lipinski definition) is 4. The van der Waals surface area contributed by atoms with Crippen molar-refractivity contribution in [3.05, 3.63) is 30.6 Å². The van der Waals surface area contributed by atoms with Crippen LogP contribution in [0.15, 0.2) is 35.0 Å². The first-order valence-electron chi connectivity index (χ1n) is 8.68. The van der Waals surface area contributed by atoms with Gasteiger partial charge in [0.1, 0.15) is 17.4 Å². The molecule has 3 aromatic rings. The summed E-state index contributed by atoms with van der Waals surface area (Å²) in [6.07, 6.45) is 7.29. The van der Waals surface area contributed by atoms with Gasteiger partial charge in [-0.25, -0.2) is 9.97 Å². The van der Waals surface area contributed by atoms with E-state index in [1.165, 1.54) is 25.7 Å². The Morgan fingerprint density at radius 1 is 1.17 bits per heavy atom. The highest BCUT2D eigenvalue weighted by molar-refractivity contribution is 6.05. The Labute approximate surface area is 135 Å². The Morgan fingerprint density at radius 2 is 2.09 bits per heavy atom. The highest BCUT2D eigenvalue weighted by Crippen LogP contribution is 2.50. The van der Waals surface area contributed by atoms with E-state index in [-0.39, 0.29) is 0 Å². The van der Waals surface area contributed by atoms with Crippen molar-refractivity contribution in [2.45, 2.75) is 38.6 Å². The molecule has 1 aromatic carbocycles. The number of hydrogen-bond donors (Lipinski definition) is 1. The number of nitrogens with zero attached hydrogens (tertiary/aromatic N) is 2. The fraction of sp³-hybridized carbons (Fsp3) is 0.474. The highest BCUT2D eigenvalue weighted by Gasteiger charge is 2.42. The van der Waals surface area contributed by atoms with Crippen LogP contribution in [-0.2, 0) is 0 Å². The lowest BCUT2D eigenvalue weighted by Gasteiger charge is -2.28. The van der Waals surface area contributed by atoms with Crippen molar-refractivity contribution in [2.75, 3.05) is 5.32 Å². The lowest BCUT2D eigenvalue weighted by atomic mass is 9.84. The molecular formula is C19H21N3O. The Balaban J connectivity index is 1.50. The molecule has 23 heavy (non-hydrogen) atoms. The van der Waals surface area contributed by atoms with Crippen molar-refractivity contribution in [3.63, 3.8) is 0 Å². The summed E-state index contributed by atoms with van der Waals surface area (Å²) in [7, 11) is 0. The monoisotopic (exact) mass is 307 g/mol. The number of furan rings is 1. The second-order valence-corrected chi connectivity index (χ2v) is 7.27. The summed E-state index contributed by atoms with van der Waals surface area (Å²) < 4.78 is 6.02. The number of anilines is 1. The zero-order valence-corrected chi connectivity index (χ0v) is 13.3. The lowest BCUT2D eigenvalue weighted by Crippen LogP contribution is -2.30. The maximum atomic E-state index is 6.02. The van der Waals surface area contributed by atoms with Gasteiger partial charge in [0, 0.05) is 11.4 Å². The van der Waals surface area contributed by atoms with Gasteiger partial charge >= 0.3 is 0 Å². The SMILES string of the molecule is C[C@@H](Nc1ncnc2c1oc1ccccc12)[C@H]1C[C@H]2CC[C@@H]1C2. The molecule has 4 heteroatoms. The predicted octanol–water partition coefficient (Wildman–Crippen LogP) is 4.61. The quantitative estimate of drug-likeness (QED) is 0.767. The third-order valence-electron chi connectivity index (χ3n) is 5.96.